The first-order valence-corrected chi connectivity index (χ1v) is 6.97. The Morgan fingerprint density at radius 3 is 2.74 bits per heavy atom. The van der Waals surface area contributed by atoms with Gasteiger partial charge in [0, 0.05) is 18.8 Å². The van der Waals surface area contributed by atoms with Gasteiger partial charge in [-0.15, -0.1) is 0 Å². The summed E-state index contributed by atoms with van der Waals surface area (Å²) in [6.45, 7) is 5.84. The van der Waals surface area contributed by atoms with Crippen LogP contribution in [0.2, 0.25) is 10.2 Å². The summed E-state index contributed by atoms with van der Waals surface area (Å²) in [5.74, 6) is -0.182. The molecule has 0 unspecified atom stereocenters. The summed E-state index contributed by atoms with van der Waals surface area (Å²) in [5.41, 5.74) is 0.423. The molecule has 1 heterocycles. The zero-order valence-electron chi connectivity index (χ0n) is 11.4. The highest BCUT2D eigenvalue weighted by atomic mass is 35.5. The van der Waals surface area contributed by atoms with E-state index in [0.29, 0.717) is 18.2 Å². The predicted octanol–water partition coefficient (Wildman–Crippen LogP) is 2.85. The monoisotopic (exact) mass is 303 g/mol. The van der Waals surface area contributed by atoms with E-state index in [1.807, 2.05) is 0 Å². The zero-order chi connectivity index (χ0) is 14.4. The van der Waals surface area contributed by atoms with Gasteiger partial charge in [0.1, 0.15) is 5.15 Å². The maximum atomic E-state index is 11.8. The van der Waals surface area contributed by atoms with Crippen LogP contribution in [0.15, 0.2) is 12.3 Å². The van der Waals surface area contributed by atoms with Crippen molar-refractivity contribution in [3.05, 3.63) is 28.0 Å². The Morgan fingerprint density at radius 1 is 1.47 bits per heavy atom. The minimum absolute atomic E-state index is 0.182. The van der Waals surface area contributed by atoms with Gasteiger partial charge in [-0.05, 0) is 39.9 Å². The molecule has 4 nitrogen and oxygen atoms in total. The number of amides is 1. The molecule has 0 saturated carbocycles. The molecule has 0 fully saturated rings. The molecule has 0 aliphatic carbocycles. The number of halogens is 2. The van der Waals surface area contributed by atoms with Crippen LogP contribution < -0.4 is 5.32 Å². The smallest absolute Gasteiger partial charge is 0.252 e. The van der Waals surface area contributed by atoms with E-state index in [4.69, 9.17) is 23.2 Å². The lowest BCUT2D eigenvalue weighted by molar-refractivity contribution is 0.0951. The molecular weight excluding hydrogens is 285 g/mol. The van der Waals surface area contributed by atoms with Gasteiger partial charge in [0.05, 0.1) is 10.6 Å². The number of carbonyl (C=O) groups is 1. The van der Waals surface area contributed by atoms with Gasteiger partial charge in [-0.1, -0.05) is 23.2 Å². The maximum absolute atomic E-state index is 11.8. The number of hydrogen-bond acceptors (Lipinski definition) is 3. The number of aromatic nitrogens is 1. The Morgan fingerprint density at radius 2 is 2.16 bits per heavy atom. The molecule has 1 rings (SSSR count). The highest BCUT2D eigenvalue weighted by Gasteiger charge is 2.09. The minimum atomic E-state index is -0.182. The SMILES string of the molecule is CC(C)N(C)CCCNC(=O)c1cnc(Cl)c(Cl)c1. The summed E-state index contributed by atoms with van der Waals surface area (Å²) in [5, 5.41) is 3.32. The molecule has 1 aromatic heterocycles. The third kappa shape index (κ3) is 5.35. The van der Waals surface area contributed by atoms with E-state index >= 15 is 0 Å². The van der Waals surface area contributed by atoms with Crippen molar-refractivity contribution in [3.63, 3.8) is 0 Å². The summed E-state index contributed by atoms with van der Waals surface area (Å²) < 4.78 is 0. The van der Waals surface area contributed by atoms with Crippen LogP contribution in [-0.4, -0.2) is 42.0 Å². The fraction of sp³-hybridized carbons (Fsp3) is 0.538. The van der Waals surface area contributed by atoms with Crippen molar-refractivity contribution in [1.82, 2.24) is 15.2 Å². The third-order valence-electron chi connectivity index (χ3n) is 2.91. The van der Waals surface area contributed by atoms with Crippen molar-refractivity contribution in [2.45, 2.75) is 26.3 Å². The molecule has 1 amide bonds. The molecule has 0 saturated heterocycles. The van der Waals surface area contributed by atoms with Crippen molar-refractivity contribution in [3.8, 4) is 0 Å². The molecule has 0 bridgehead atoms. The molecule has 0 spiro atoms. The number of pyridine rings is 1. The summed E-state index contributed by atoms with van der Waals surface area (Å²) >= 11 is 11.5. The van der Waals surface area contributed by atoms with Crippen LogP contribution in [0, 0.1) is 0 Å². The molecule has 1 N–H and O–H groups in total. The quantitative estimate of drug-likeness (QED) is 0.649. The number of rotatable bonds is 6. The number of carbonyl (C=O) groups excluding carboxylic acids is 1. The zero-order valence-corrected chi connectivity index (χ0v) is 12.9. The van der Waals surface area contributed by atoms with Crippen molar-refractivity contribution < 1.29 is 4.79 Å². The summed E-state index contributed by atoms with van der Waals surface area (Å²) in [6, 6.07) is 2.03. The van der Waals surface area contributed by atoms with E-state index in [9.17, 15) is 4.79 Å². The summed E-state index contributed by atoms with van der Waals surface area (Å²) in [7, 11) is 2.06. The van der Waals surface area contributed by atoms with Crippen LogP contribution in [-0.2, 0) is 0 Å². The standard InChI is InChI=1S/C13H19Cl2N3O/c1-9(2)18(3)6-4-5-16-13(19)10-7-11(14)12(15)17-8-10/h7-9H,4-6H2,1-3H3,(H,16,19). The van der Waals surface area contributed by atoms with Crippen LogP contribution in [0.25, 0.3) is 0 Å². The van der Waals surface area contributed by atoms with E-state index < -0.39 is 0 Å². The molecule has 0 radical (unpaired) electrons. The van der Waals surface area contributed by atoms with Crippen molar-refractivity contribution in [2.75, 3.05) is 20.1 Å². The maximum Gasteiger partial charge on any atom is 0.252 e. The average Bonchev–Trinajstić information content (AvgIpc) is 2.37. The largest absolute Gasteiger partial charge is 0.352 e. The predicted molar refractivity (Wildman–Crippen MR) is 79.0 cm³/mol. The van der Waals surface area contributed by atoms with Crippen molar-refractivity contribution in [2.24, 2.45) is 0 Å². The Labute approximate surface area is 124 Å². The van der Waals surface area contributed by atoms with Gasteiger partial charge in [0.25, 0.3) is 5.91 Å². The second-order valence-electron chi connectivity index (χ2n) is 4.68. The van der Waals surface area contributed by atoms with Gasteiger partial charge < -0.3 is 10.2 Å². The number of hydrogen-bond donors (Lipinski definition) is 1. The highest BCUT2D eigenvalue weighted by Crippen LogP contribution is 2.19. The normalized spacial score (nSPS) is 11.1. The van der Waals surface area contributed by atoms with E-state index in [-0.39, 0.29) is 16.1 Å². The number of nitrogens with zero attached hydrogens (tertiary/aromatic N) is 2. The second-order valence-corrected chi connectivity index (χ2v) is 5.45. The molecule has 0 aliphatic heterocycles. The Kier molecular flexibility index (Phi) is 6.55. The second kappa shape index (κ2) is 7.68. The van der Waals surface area contributed by atoms with E-state index in [2.05, 4.69) is 36.1 Å². The van der Waals surface area contributed by atoms with Gasteiger partial charge in [-0.3, -0.25) is 4.79 Å². The van der Waals surface area contributed by atoms with Crippen molar-refractivity contribution >= 4 is 29.1 Å². The number of nitrogens with one attached hydrogen (secondary N) is 1. The topological polar surface area (TPSA) is 45.2 Å². The Balaban J connectivity index is 2.37. The van der Waals surface area contributed by atoms with Gasteiger partial charge in [-0.25, -0.2) is 4.98 Å². The van der Waals surface area contributed by atoms with E-state index in [1.165, 1.54) is 12.3 Å². The summed E-state index contributed by atoms with van der Waals surface area (Å²) in [6.07, 6.45) is 2.32. The van der Waals surface area contributed by atoms with Crippen molar-refractivity contribution in [1.29, 1.82) is 0 Å². The van der Waals surface area contributed by atoms with E-state index in [1.54, 1.807) is 0 Å². The molecule has 1 aromatic rings. The lowest BCUT2D eigenvalue weighted by atomic mass is 10.2. The fourth-order valence-electron chi connectivity index (χ4n) is 1.44. The van der Waals surface area contributed by atoms with Gasteiger partial charge >= 0.3 is 0 Å². The molecule has 6 heteroatoms. The lowest BCUT2D eigenvalue weighted by Crippen LogP contribution is -2.31. The van der Waals surface area contributed by atoms with E-state index in [0.717, 1.165) is 13.0 Å². The van der Waals surface area contributed by atoms with Gasteiger partial charge in [0.15, 0.2) is 0 Å². The van der Waals surface area contributed by atoms with Crippen LogP contribution >= 0.6 is 23.2 Å². The van der Waals surface area contributed by atoms with Gasteiger partial charge in [0.2, 0.25) is 0 Å². The summed E-state index contributed by atoms with van der Waals surface area (Å²) in [4.78, 5) is 17.9. The average molecular weight is 304 g/mol. The molecular formula is C13H19Cl2N3O. The van der Waals surface area contributed by atoms with Crippen LogP contribution in [0.5, 0.6) is 0 Å². The van der Waals surface area contributed by atoms with Crippen LogP contribution in [0.1, 0.15) is 30.6 Å². The van der Waals surface area contributed by atoms with Crippen LogP contribution in [0.4, 0.5) is 0 Å². The highest BCUT2D eigenvalue weighted by molar-refractivity contribution is 6.41. The first-order chi connectivity index (χ1) is 8.91. The van der Waals surface area contributed by atoms with Crippen LogP contribution in [0.3, 0.4) is 0 Å². The van der Waals surface area contributed by atoms with Gasteiger partial charge in [-0.2, -0.15) is 0 Å². The Bertz CT molecular complexity index is 438. The third-order valence-corrected chi connectivity index (χ3v) is 3.60. The minimum Gasteiger partial charge on any atom is -0.352 e. The first-order valence-electron chi connectivity index (χ1n) is 6.21. The fourth-order valence-corrected chi connectivity index (χ4v) is 1.71. The Hall–Kier alpha value is -0.840. The molecule has 0 aliphatic rings. The molecule has 19 heavy (non-hydrogen) atoms. The molecule has 106 valence electrons. The lowest BCUT2D eigenvalue weighted by Gasteiger charge is -2.20. The molecule has 0 atom stereocenters. The molecule has 0 aromatic carbocycles. The first kappa shape index (κ1) is 16.2.